The maximum atomic E-state index is 5.32. The Hall–Kier alpha value is -0.570. The van der Waals surface area contributed by atoms with E-state index in [-0.39, 0.29) is 0 Å². The van der Waals surface area contributed by atoms with Gasteiger partial charge in [0.1, 0.15) is 0 Å². The van der Waals surface area contributed by atoms with E-state index in [1.165, 1.54) is 0 Å². The predicted molar refractivity (Wildman–Crippen MR) is 62.0 cm³/mol. The summed E-state index contributed by atoms with van der Waals surface area (Å²) in [7, 11) is 0. The van der Waals surface area contributed by atoms with Crippen LogP contribution in [0.3, 0.4) is 0 Å². The van der Waals surface area contributed by atoms with Gasteiger partial charge in [-0.3, -0.25) is 4.99 Å². The topological polar surface area (TPSA) is 24.8 Å². The minimum absolute atomic E-state index is 0.364. The lowest BCUT2D eigenvalue weighted by molar-refractivity contribution is 0.127. The van der Waals surface area contributed by atoms with Gasteiger partial charge in [0.15, 0.2) is 0 Å². The molecule has 0 saturated carbocycles. The minimum atomic E-state index is 0.364. The van der Waals surface area contributed by atoms with E-state index in [1.807, 2.05) is 13.3 Å². The van der Waals surface area contributed by atoms with Crippen LogP contribution in [0.1, 0.15) is 34.6 Å². The summed E-state index contributed by atoms with van der Waals surface area (Å²) in [4.78, 5) is 6.57. The van der Waals surface area contributed by atoms with E-state index in [0.29, 0.717) is 12.1 Å². The molecule has 0 rings (SSSR count). The van der Waals surface area contributed by atoms with Crippen LogP contribution in [0, 0.1) is 0 Å². The van der Waals surface area contributed by atoms with Crippen LogP contribution in [0.15, 0.2) is 4.99 Å². The predicted octanol–water partition coefficient (Wildman–Crippen LogP) is 2.17. The van der Waals surface area contributed by atoms with Gasteiger partial charge in [-0.05, 0) is 34.6 Å². The molecule has 3 nitrogen and oxygen atoms in total. The molecule has 0 aromatic rings. The highest BCUT2D eigenvalue weighted by molar-refractivity contribution is 5.55. The first-order valence-corrected chi connectivity index (χ1v) is 5.44. The lowest BCUT2D eigenvalue weighted by Gasteiger charge is -2.24. The maximum absolute atomic E-state index is 5.32. The zero-order valence-electron chi connectivity index (χ0n) is 10.2. The van der Waals surface area contributed by atoms with Gasteiger partial charge in [0.05, 0.1) is 12.9 Å². The summed E-state index contributed by atoms with van der Waals surface area (Å²) >= 11 is 0. The van der Waals surface area contributed by atoms with Gasteiger partial charge in [0, 0.05) is 25.2 Å². The molecule has 0 unspecified atom stereocenters. The van der Waals surface area contributed by atoms with Gasteiger partial charge >= 0.3 is 0 Å². The van der Waals surface area contributed by atoms with E-state index in [2.05, 4.69) is 37.6 Å². The Morgan fingerprint density at radius 1 is 1.29 bits per heavy atom. The van der Waals surface area contributed by atoms with Crippen LogP contribution < -0.4 is 0 Å². The SMILES string of the molecule is CCOCCN(/C=N\C(C)C)C(C)C. The van der Waals surface area contributed by atoms with Crippen molar-refractivity contribution in [3.05, 3.63) is 0 Å². The molecule has 0 amide bonds. The number of nitrogens with zero attached hydrogens (tertiary/aromatic N) is 2. The van der Waals surface area contributed by atoms with Crippen LogP contribution in [0.2, 0.25) is 0 Å². The molecule has 84 valence electrons. The highest BCUT2D eigenvalue weighted by Gasteiger charge is 2.04. The molecule has 0 aliphatic carbocycles. The van der Waals surface area contributed by atoms with E-state index in [1.54, 1.807) is 0 Å². The minimum Gasteiger partial charge on any atom is -0.380 e. The zero-order valence-corrected chi connectivity index (χ0v) is 10.2. The first-order valence-electron chi connectivity index (χ1n) is 5.44. The second-order valence-corrected chi connectivity index (χ2v) is 3.89. The van der Waals surface area contributed by atoms with Crippen molar-refractivity contribution in [2.45, 2.75) is 46.7 Å². The van der Waals surface area contributed by atoms with Crippen LogP contribution in [0.25, 0.3) is 0 Å². The third-order valence-electron chi connectivity index (χ3n) is 1.87. The van der Waals surface area contributed by atoms with Gasteiger partial charge in [0.2, 0.25) is 0 Å². The monoisotopic (exact) mass is 200 g/mol. The Morgan fingerprint density at radius 2 is 1.93 bits per heavy atom. The molecule has 0 radical (unpaired) electrons. The van der Waals surface area contributed by atoms with Gasteiger partial charge < -0.3 is 9.64 Å². The highest BCUT2D eigenvalue weighted by atomic mass is 16.5. The number of hydrogen-bond acceptors (Lipinski definition) is 2. The normalized spacial score (nSPS) is 11.9. The quantitative estimate of drug-likeness (QED) is 0.357. The second kappa shape index (κ2) is 7.80. The van der Waals surface area contributed by atoms with Crippen molar-refractivity contribution in [2.24, 2.45) is 4.99 Å². The maximum Gasteiger partial charge on any atom is 0.0856 e. The smallest absolute Gasteiger partial charge is 0.0856 e. The summed E-state index contributed by atoms with van der Waals surface area (Å²) < 4.78 is 5.32. The Balaban J connectivity index is 3.90. The highest BCUT2D eigenvalue weighted by Crippen LogP contribution is 1.96. The molecule has 0 heterocycles. The molecule has 0 spiro atoms. The van der Waals surface area contributed by atoms with E-state index < -0.39 is 0 Å². The second-order valence-electron chi connectivity index (χ2n) is 3.89. The van der Waals surface area contributed by atoms with Gasteiger partial charge in [-0.15, -0.1) is 0 Å². The van der Waals surface area contributed by atoms with Crippen LogP contribution in [-0.4, -0.2) is 43.1 Å². The zero-order chi connectivity index (χ0) is 11.0. The molecular formula is C11H24N2O. The van der Waals surface area contributed by atoms with Crippen molar-refractivity contribution in [2.75, 3.05) is 19.8 Å². The lowest BCUT2D eigenvalue weighted by Crippen LogP contribution is -2.33. The van der Waals surface area contributed by atoms with Crippen molar-refractivity contribution < 1.29 is 4.74 Å². The summed E-state index contributed by atoms with van der Waals surface area (Å²) in [5.74, 6) is 0. The van der Waals surface area contributed by atoms with Crippen LogP contribution in [-0.2, 0) is 4.74 Å². The standard InChI is InChI=1S/C11H24N2O/c1-6-14-8-7-13(11(4)5)9-12-10(2)3/h9-11H,6-8H2,1-5H3/b12-9-. The van der Waals surface area contributed by atoms with Gasteiger partial charge in [0.25, 0.3) is 0 Å². The third kappa shape index (κ3) is 6.89. The van der Waals surface area contributed by atoms with Gasteiger partial charge in [-0.1, -0.05) is 0 Å². The first kappa shape index (κ1) is 13.4. The van der Waals surface area contributed by atoms with E-state index in [0.717, 1.165) is 19.8 Å². The van der Waals surface area contributed by atoms with Gasteiger partial charge in [-0.2, -0.15) is 0 Å². The molecule has 0 aromatic carbocycles. The Morgan fingerprint density at radius 3 is 2.36 bits per heavy atom. The molecule has 0 fully saturated rings. The molecule has 0 aromatic heterocycles. The lowest BCUT2D eigenvalue weighted by atomic mass is 10.3. The fraction of sp³-hybridized carbons (Fsp3) is 0.909. The number of rotatable bonds is 7. The molecule has 3 heteroatoms. The molecule has 0 atom stereocenters. The fourth-order valence-electron chi connectivity index (χ4n) is 0.983. The largest absolute Gasteiger partial charge is 0.380 e. The number of aliphatic imine (C=N–C) groups is 1. The molecule has 0 N–H and O–H groups in total. The summed E-state index contributed by atoms with van der Waals surface area (Å²) in [5, 5.41) is 0. The summed E-state index contributed by atoms with van der Waals surface area (Å²) in [6.45, 7) is 13.0. The van der Waals surface area contributed by atoms with E-state index in [9.17, 15) is 0 Å². The van der Waals surface area contributed by atoms with Crippen molar-refractivity contribution in [1.29, 1.82) is 0 Å². The van der Waals surface area contributed by atoms with Gasteiger partial charge in [-0.25, -0.2) is 0 Å². The Bertz CT molecular complexity index is 155. The molecule has 0 bridgehead atoms. The molecule has 0 aliphatic heterocycles. The van der Waals surface area contributed by atoms with E-state index >= 15 is 0 Å². The molecule has 0 saturated heterocycles. The third-order valence-corrected chi connectivity index (χ3v) is 1.87. The Labute approximate surface area is 88.2 Å². The average Bonchev–Trinajstić information content (AvgIpc) is 2.10. The van der Waals surface area contributed by atoms with Crippen molar-refractivity contribution in [1.82, 2.24) is 4.90 Å². The average molecular weight is 200 g/mol. The molecular weight excluding hydrogens is 176 g/mol. The first-order chi connectivity index (χ1) is 6.57. The molecule has 0 aliphatic rings. The molecule has 14 heavy (non-hydrogen) atoms. The summed E-state index contributed by atoms with van der Waals surface area (Å²) in [6, 6.07) is 0.848. The summed E-state index contributed by atoms with van der Waals surface area (Å²) in [5.41, 5.74) is 0. The van der Waals surface area contributed by atoms with Crippen LogP contribution in [0.4, 0.5) is 0 Å². The van der Waals surface area contributed by atoms with Crippen molar-refractivity contribution in [3.63, 3.8) is 0 Å². The van der Waals surface area contributed by atoms with Crippen LogP contribution in [0.5, 0.6) is 0 Å². The number of ether oxygens (including phenoxy) is 1. The van der Waals surface area contributed by atoms with E-state index in [4.69, 9.17) is 4.74 Å². The summed E-state index contributed by atoms with van der Waals surface area (Å²) in [6.07, 6.45) is 1.94. The Kier molecular flexibility index (Phi) is 7.48. The van der Waals surface area contributed by atoms with Crippen molar-refractivity contribution in [3.8, 4) is 0 Å². The van der Waals surface area contributed by atoms with Crippen molar-refractivity contribution >= 4 is 6.34 Å². The number of hydrogen-bond donors (Lipinski definition) is 0. The fourth-order valence-corrected chi connectivity index (χ4v) is 0.983. The van der Waals surface area contributed by atoms with Crippen LogP contribution >= 0.6 is 0 Å².